The zero-order valence-electron chi connectivity index (χ0n) is 14.0. The van der Waals surface area contributed by atoms with Crippen LogP contribution in [0.4, 0.5) is 20.2 Å². The van der Waals surface area contributed by atoms with E-state index in [0.29, 0.717) is 0 Å². The van der Waals surface area contributed by atoms with Crippen LogP contribution in [-0.2, 0) is 9.59 Å². The number of anilines is 2. The highest BCUT2D eigenvalue weighted by Crippen LogP contribution is 2.30. The number of para-hydroxylation sites is 1. The molecule has 1 unspecified atom stereocenters. The molecule has 25 heavy (non-hydrogen) atoms. The van der Waals surface area contributed by atoms with Crippen LogP contribution >= 0.6 is 0 Å². The van der Waals surface area contributed by atoms with Gasteiger partial charge in [0.15, 0.2) is 0 Å². The molecule has 3 rings (SSSR count). The molecule has 1 saturated heterocycles. The van der Waals surface area contributed by atoms with E-state index in [0.717, 1.165) is 28.9 Å². The van der Waals surface area contributed by atoms with Crippen LogP contribution in [0.1, 0.15) is 17.5 Å². The molecule has 0 aliphatic carbocycles. The van der Waals surface area contributed by atoms with E-state index < -0.39 is 29.1 Å². The van der Waals surface area contributed by atoms with Gasteiger partial charge in [0.25, 0.3) is 0 Å². The summed E-state index contributed by atoms with van der Waals surface area (Å²) in [6.07, 6.45) is 0.00921. The fraction of sp³-hybridized carbons (Fsp3) is 0.263. The second kappa shape index (κ2) is 6.63. The molecule has 130 valence electrons. The van der Waals surface area contributed by atoms with Crippen molar-refractivity contribution in [2.24, 2.45) is 5.92 Å². The number of benzene rings is 2. The minimum absolute atomic E-state index is 0.00921. The molecule has 1 aliphatic rings. The first-order chi connectivity index (χ1) is 11.9. The molecule has 1 N–H and O–H groups in total. The summed E-state index contributed by atoms with van der Waals surface area (Å²) in [6, 6.07) is 9.00. The van der Waals surface area contributed by atoms with Crippen molar-refractivity contribution < 1.29 is 18.4 Å². The van der Waals surface area contributed by atoms with Crippen molar-refractivity contribution in [2.45, 2.75) is 20.3 Å². The lowest BCUT2D eigenvalue weighted by molar-refractivity contribution is -0.122. The molecule has 1 atom stereocenters. The van der Waals surface area contributed by atoms with Crippen LogP contribution in [0.2, 0.25) is 0 Å². The first kappa shape index (κ1) is 17.1. The molecule has 1 fully saturated rings. The maximum Gasteiger partial charge on any atom is 0.229 e. The van der Waals surface area contributed by atoms with Crippen molar-refractivity contribution in [1.29, 1.82) is 0 Å². The Morgan fingerprint density at radius 2 is 1.76 bits per heavy atom. The Hall–Kier alpha value is -2.76. The highest BCUT2D eigenvalue weighted by molar-refractivity contribution is 6.04. The van der Waals surface area contributed by atoms with Gasteiger partial charge in [-0.15, -0.1) is 0 Å². The maximum absolute atomic E-state index is 13.7. The van der Waals surface area contributed by atoms with Crippen molar-refractivity contribution >= 4 is 23.2 Å². The smallest absolute Gasteiger partial charge is 0.229 e. The zero-order valence-corrected chi connectivity index (χ0v) is 14.0. The van der Waals surface area contributed by atoms with E-state index in [1.807, 2.05) is 32.0 Å². The predicted octanol–water partition coefficient (Wildman–Crippen LogP) is 3.57. The Morgan fingerprint density at radius 3 is 2.44 bits per heavy atom. The lowest BCUT2D eigenvalue weighted by Crippen LogP contribution is -2.29. The fourth-order valence-corrected chi connectivity index (χ4v) is 2.99. The molecule has 6 heteroatoms. The minimum atomic E-state index is -0.843. The van der Waals surface area contributed by atoms with Crippen molar-refractivity contribution in [2.75, 3.05) is 16.8 Å². The first-order valence-electron chi connectivity index (χ1n) is 8.00. The Bertz CT molecular complexity index is 831. The summed E-state index contributed by atoms with van der Waals surface area (Å²) in [7, 11) is 0. The van der Waals surface area contributed by atoms with Gasteiger partial charge in [0.2, 0.25) is 11.8 Å². The summed E-state index contributed by atoms with van der Waals surface area (Å²) in [6.45, 7) is 4.05. The van der Waals surface area contributed by atoms with E-state index in [4.69, 9.17) is 0 Å². The topological polar surface area (TPSA) is 49.4 Å². The average Bonchev–Trinajstić information content (AvgIpc) is 2.95. The van der Waals surface area contributed by atoms with E-state index in [1.165, 1.54) is 6.07 Å². The molecular weight excluding hydrogens is 326 g/mol. The number of nitrogens with zero attached hydrogens (tertiary/aromatic N) is 1. The molecular formula is C19H18F2N2O2. The lowest BCUT2D eigenvalue weighted by atomic mass is 10.1. The highest BCUT2D eigenvalue weighted by Gasteiger charge is 2.36. The molecule has 2 aromatic carbocycles. The Balaban J connectivity index is 1.78. The number of carbonyl (C=O) groups is 2. The fourth-order valence-electron chi connectivity index (χ4n) is 2.99. The summed E-state index contributed by atoms with van der Waals surface area (Å²) in [5.41, 5.74) is 2.30. The Kier molecular flexibility index (Phi) is 4.53. The number of carbonyl (C=O) groups excluding carboxylic acids is 2. The van der Waals surface area contributed by atoms with Crippen LogP contribution in [0.15, 0.2) is 36.4 Å². The molecule has 0 bridgehead atoms. The molecule has 1 aliphatic heterocycles. The van der Waals surface area contributed by atoms with Crippen LogP contribution in [-0.4, -0.2) is 18.4 Å². The van der Waals surface area contributed by atoms with Gasteiger partial charge in [-0.3, -0.25) is 9.59 Å². The van der Waals surface area contributed by atoms with Crippen LogP contribution in [0.25, 0.3) is 0 Å². The predicted molar refractivity (Wildman–Crippen MR) is 91.4 cm³/mol. The van der Waals surface area contributed by atoms with Crippen molar-refractivity contribution in [3.05, 3.63) is 59.2 Å². The zero-order chi connectivity index (χ0) is 18.1. The highest BCUT2D eigenvalue weighted by atomic mass is 19.1. The molecule has 0 radical (unpaired) electrons. The van der Waals surface area contributed by atoms with E-state index in [-0.39, 0.29) is 18.9 Å². The summed E-state index contributed by atoms with van der Waals surface area (Å²) in [4.78, 5) is 26.3. The van der Waals surface area contributed by atoms with Gasteiger partial charge in [0.1, 0.15) is 17.3 Å². The van der Waals surface area contributed by atoms with Gasteiger partial charge in [0, 0.05) is 18.7 Å². The van der Waals surface area contributed by atoms with Gasteiger partial charge in [-0.25, -0.2) is 8.78 Å². The van der Waals surface area contributed by atoms with Gasteiger partial charge in [-0.2, -0.15) is 0 Å². The van der Waals surface area contributed by atoms with Crippen molar-refractivity contribution in [1.82, 2.24) is 0 Å². The molecule has 2 aromatic rings. The number of halogens is 2. The molecule has 0 saturated carbocycles. The van der Waals surface area contributed by atoms with Crippen LogP contribution in [0.5, 0.6) is 0 Å². The standard InChI is InChI=1S/C19H18F2N2O2/c1-11-5-3-8-16(12(11)2)23-10-13(9-17(23)24)19(25)22-18-14(20)6-4-7-15(18)21/h3-8,13H,9-10H2,1-2H3,(H,22,25). The molecule has 4 nitrogen and oxygen atoms in total. The summed E-state index contributed by atoms with van der Waals surface area (Å²) in [5, 5.41) is 2.27. The van der Waals surface area contributed by atoms with Crippen LogP contribution < -0.4 is 10.2 Å². The Morgan fingerprint density at radius 1 is 1.12 bits per heavy atom. The average molecular weight is 344 g/mol. The van der Waals surface area contributed by atoms with Crippen molar-refractivity contribution in [3.63, 3.8) is 0 Å². The van der Waals surface area contributed by atoms with E-state index in [2.05, 4.69) is 5.32 Å². The summed E-state index contributed by atoms with van der Waals surface area (Å²) >= 11 is 0. The molecule has 0 aromatic heterocycles. The minimum Gasteiger partial charge on any atom is -0.321 e. The first-order valence-corrected chi connectivity index (χ1v) is 8.00. The molecule has 2 amide bonds. The summed E-state index contributed by atoms with van der Waals surface area (Å²) in [5.74, 6) is -3.09. The molecule has 0 spiro atoms. The number of hydrogen-bond donors (Lipinski definition) is 1. The second-order valence-corrected chi connectivity index (χ2v) is 6.21. The van der Waals surface area contributed by atoms with E-state index >= 15 is 0 Å². The number of nitrogens with one attached hydrogen (secondary N) is 1. The van der Waals surface area contributed by atoms with Crippen molar-refractivity contribution in [3.8, 4) is 0 Å². The van der Waals surface area contributed by atoms with E-state index in [9.17, 15) is 18.4 Å². The normalized spacial score (nSPS) is 17.0. The SMILES string of the molecule is Cc1cccc(N2CC(C(=O)Nc3c(F)cccc3F)CC2=O)c1C. The molecule has 1 heterocycles. The maximum atomic E-state index is 13.7. The van der Waals surface area contributed by atoms with Crippen LogP contribution in [0, 0.1) is 31.4 Å². The van der Waals surface area contributed by atoms with Crippen LogP contribution in [0.3, 0.4) is 0 Å². The number of aryl methyl sites for hydroxylation is 1. The van der Waals surface area contributed by atoms with Gasteiger partial charge < -0.3 is 10.2 Å². The third kappa shape index (κ3) is 3.24. The third-order valence-electron chi connectivity index (χ3n) is 4.57. The van der Waals surface area contributed by atoms with Gasteiger partial charge in [-0.05, 0) is 43.2 Å². The number of rotatable bonds is 3. The van der Waals surface area contributed by atoms with Gasteiger partial charge in [0.05, 0.1) is 5.92 Å². The second-order valence-electron chi connectivity index (χ2n) is 6.21. The van der Waals surface area contributed by atoms with Gasteiger partial charge >= 0.3 is 0 Å². The monoisotopic (exact) mass is 344 g/mol. The van der Waals surface area contributed by atoms with Gasteiger partial charge in [-0.1, -0.05) is 18.2 Å². The Labute approximate surface area is 144 Å². The van der Waals surface area contributed by atoms with E-state index in [1.54, 1.807) is 4.90 Å². The number of hydrogen-bond acceptors (Lipinski definition) is 2. The quantitative estimate of drug-likeness (QED) is 0.925. The lowest BCUT2D eigenvalue weighted by Gasteiger charge is -2.20. The third-order valence-corrected chi connectivity index (χ3v) is 4.57. The largest absolute Gasteiger partial charge is 0.321 e. The number of amides is 2. The summed E-state index contributed by atoms with van der Waals surface area (Å²) < 4.78 is 27.4.